The summed E-state index contributed by atoms with van der Waals surface area (Å²) < 4.78 is 1.02. The van der Waals surface area contributed by atoms with Crippen molar-refractivity contribution in [1.29, 1.82) is 0 Å². The third-order valence-corrected chi connectivity index (χ3v) is 4.19. The molecular weight excluding hydrogens is 273 g/mol. The van der Waals surface area contributed by atoms with Gasteiger partial charge < -0.3 is 5.73 Å². The van der Waals surface area contributed by atoms with Crippen molar-refractivity contribution < 1.29 is 0 Å². The zero-order valence-electron chi connectivity index (χ0n) is 8.82. The van der Waals surface area contributed by atoms with Crippen LogP contribution in [0.1, 0.15) is 36.8 Å². The summed E-state index contributed by atoms with van der Waals surface area (Å²) in [5.41, 5.74) is 8.62. The third kappa shape index (κ3) is 2.08. The summed E-state index contributed by atoms with van der Waals surface area (Å²) in [6.45, 7) is 2.05. The van der Waals surface area contributed by atoms with Gasteiger partial charge in [0, 0.05) is 15.0 Å². The highest BCUT2D eigenvalue weighted by Gasteiger charge is 2.33. The van der Waals surface area contributed by atoms with Gasteiger partial charge in [0.2, 0.25) is 0 Å². The van der Waals surface area contributed by atoms with Crippen molar-refractivity contribution in [1.82, 2.24) is 0 Å². The molecule has 3 heteroatoms. The first kappa shape index (κ1) is 11.4. The SMILES string of the molecule is Cc1c(Cl)cc(Br)cc1C1(N)CCCC1. The average Bonchev–Trinajstić information content (AvgIpc) is 2.59. The highest BCUT2D eigenvalue weighted by Crippen LogP contribution is 2.40. The molecule has 0 bridgehead atoms. The van der Waals surface area contributed by atoms with E-state index in [1.165, 1.54) is 18.4 Å². The highest BCUT2D eigenvalue weighted by molar-refractivity contribution is 9.10. The first-order valence-corrected chi connectivity index (χ1v) is 6.45. The lowest BCUT2D eigenvalue weighted by atomic mass is 9.86. The van der Waals surface area contributed by atoms with Crippen molar-refractivity contribution in [3.05, 3.63) is 32.8 Å². The van der Waals surface area contributed by atoms with Crippen molar-refractivity contribution in [2.75, 3.05) is 0 Å². The molecule has 1 aliphatic carbocycles. The molecule has 0 heterocycles. The molecule has 0 amide bonds. The second kappa shape index (κ2) is 4.08. The van der Waals surface area contributed by atoms with Gasteiger partial charge in [-0.25, -0.2) is 0 Å². The van der Waals surface area contributed by atoms with Crippen LogP contribution in [0.4, 0.5) is 0 Å². The molecule has 2 rings (SSSR count). The van der Waals surface area contributed by atoms with E-state index in [1.807, 2.05) is 6.07 Å². The van der Waals surface area contributed by atoms with Gasteiger partial charge in [0.15, 0.2) is 0 Å². The van der Waals surface area contributed by atoms with Gasteiger partial charge in [-0.15, -0.1) is 0 Å². The van der Waals surface area contributed by atoms with E-state index in [1.54, 1.807) is 0 Å². The lowest BCUT2D eigenvalue weighted by molar-refractivity contribution is 0.459. The minimum Gasteiger partial charge on any atom is -0.321 e. The topological polar surface area (TPSA) is 26.0 Å². The molecule has 2 N–H and O–H groups in total. The van der Waals surface area contributed by atoms with Crippen molar-refractivity contribution >= 4 is 27.5 Å². The van der Waals surface area contributed by atoms with Crippen LogP contribution in [0.25, 0.3) is 0 Å². The molecule has 1 fully saturated rings. The van der Waals surface area contributed by atoms with Crippen LogP contribution in [0.2, 0.25) is 5.02 Å². The summed E-state index contributed by atoms with van der Waals surface area (Å²) >= 11 is 9.65. The van der Waals surface area contributed by atoms with Gasteiger partial charge in [0.25, 0.3) is 0 Å². The lowest BCUT2D eigenvalue weighted by Gasteiger charge is -2.27. The predicted octanol–water partition coefficient (Wildman–Crippen LogP) is 4.14. The normalized spacial score (nSPS) is 19.5. The Hall–Kier alpha value is -0.0500. The average molecular weight is 289 g/mol. The minimum absolute atomic E-state index is 0.155. The Bertz CT molecular complexity index is 383. The van der Waals surface area contributed by atoms with E-state index >= 15 is 0 Å². The quantitative estimate of drug-likeness (QED) is 0.826. The molecule has 1 nitrogen and oxygen atoms in total. The lowest BCUT2D eigenvalue weighted by Crippen LogP contribution is -2.34. The van der Waals surface area contributed by atoms with Gasteiger partial charge >= 0.3 is 0 Å². The van der Waals surface area contributed by atoms with Crippen LogP contribution < -0.4 is 5.73 Å². The van der Waals surface area contributed by atoms with Gasteiger partial charge in [-0.1, -0.05) is 40.4 Å². The molecule has 0 aromatic heterocycles. The van der Waals surface area contributed by atoms with Crippen molar-refractivity contribution in [3.63, 3.8) is 0 Å². The van der Waals surface area contributed by atoms with Crippen molar-refractivity contribution in [2.45, 2.75) is 38.1 Å². The first-order chi connectivity index (χ1) is 7.03. The predicted molar refractivity (Wildman–Crippen MR) is 68.2 cm³/mol. The summed E-state index contributed by atoms with van der Waals surface area (Å²) in [5.74, 6) is 0. The summed E-state index contributed by atoms with van der Waals surface area (Å²) in [5, 5.41) is 0.802. The summed E-state index contributed by atoms with van der Waals surface area (Å²) in [4.78, 5) is 0. The molecule has 1 aromatic rings. The molecule has 1 aromatic carbocycles. The van der Waals surface area contributed by atoms with E-state index in [0.29, 0.717) is 0 Å². The Kier molecular flexibility index (Phi) is 3.11. The van der Waals surface area contributed by atoms with E-state index in [9.17, 15) is 0 Å². The second-order valence-electron chi connectivity index (χ2n) is 4.42. The van der Waals surface area contributed by atoms with Crippen LogP contribution >= 0.6 is 27.5 Å². The molecule has 0 spiro atoms. The van der Waals surface area contributed by atoms with E-state index in [0.717, 1.165) is 27.9 Å². The maximum absolute atomic E-state index is 6.44. The van der Waals surface area contributed by atoms with E-state index < -0.39 is 0 Å². The molecule has 0 aliphatic heterocycles. The number of nitrogens with two attached hydrogens (primary N) is 1. The summed E-state index contributed by atoms with van der Waals surface area (Å²) in [7, 11) is 0. The maximum atomic E-state index is 6.44. The fraction of sp³-hybridized carbons (Fsp3) is 0.500. The Morgan fingerprint density at radius 2 is 1.93 bits per heavy atom. The molecule has 82 valence electrons. The van der Waals surface area contributed by atoms with Crippen LogP contribution in [0.5, 0.6) is 0 Å². The third-order valence-electron chi connectivity index (χ3n) is 3.34. The Balaban J connectivity index is 2.51. The molecule has 0 atom stereocenters. The zero-order chi connectivity index (χ0) is 11.1. The van der Waals surface area contributed by atoms with E-state index in [-0.39, 0.29) is 5.54 Å². The van der Waals surface area contributed by atoms with Gasteiger partial charge in [-0.2, -0.15) is 0 Å². The van der Waals surface area contributed by atoms with Gasteiger partial charge in [0.05, 0.1) is 0 Å². The summed E-state index contributed by atoms with van der Waals surface area (Å²) in [6.07, 6.45) is 4.58. The molecule has 0 saturated heterocycles. The Morgan fingerprint density at radius 1 is 1.33 bits per heavy atom. The molecule has 0 radical (unpaired) electrons. The zero-order valence-corrected chi connectivity index (χ0v) is 11.2. The second-order valence-corrected chi connectivity index (χ2v) is 5.75. The number of hydrogen-bond acceptors (Lipinski definition) is 1. The standard InChI is InChI=1S/C12H15BrClN/c1-8-10(6-9(13)7-11(8)14)12(15)4-2-3-5-12/h6-7H,2-5,15H2,1H3. The van der Waals surface area contributed by atoms with Crippen LogP contribution in [0.15, 0.2) is 16.6 Å². The number of halogens is 2. The maximum Gasteiger partial charge on any atom is 0.0449 e. The smallest absolute Gasteiger partial charge is 0.0449 e. The summed E-state index contributed by atoms with van der Waals surface area (Å²) in [6, 6.07) is 4.05. The highest BCUT2D eigenvalue weighted by atomic mass is 79.9. The van der Waals surface area contributed by atoms with Crippen molar-refractivity contribution in [3.8, 4) is 0 Å². The van der Waals surface area contributed by atoms with E-state index in [2.05, 4.69) is 28.9 Å². The molecule has 15 heavy (non-hydrogen) atoms. The van der Waals surface area contributed by atoms with Gasteiger partial charge in [-0.05, 0) is 43.0 Å². The van der Waals surface area contributed by atoms with Crippen LogP contribution in [0.3, 0.4) is 0 Å². The Labute approximate surface area is 104 Å². The van der Waals surface area contributed by atoms with Crippen LogP contribution in [0, 0.1) is 6.92 Å². The van der Waals surface area contributed by atoms with E-state index in [4.69, 9.17) is 17.3 Å². The van der Waals surface area contributed by atoms with Gasteiger partial charge in [0.1, 0.15) is 0 Å². The number of hydrogen-bond donors (Lipinski definition) is 1. The number of benzene rings is 1. The monoisotopic (exact) mass is 287 g/mol. The first-order valence-electron chi connectivity index (χ1n) is 5.28. The van der Waals surface area contributed by atoms with Gasteiger partial charge in [-0.3, -0.25) is 0 Å². The molecular formula is C12H15BrClN. The van der Waals surface area contributed by atoms with Crippen LogP contribution in [-0.4, -0.2) is 0 Å². The number of rotatable bonds is 1. The van der Waals surface area contributed by atoms with Crippen LogP contribution in [-0.2, 0) is 5.54 Å². The fourth-order valence-corrected chi connectivity index (χ4v) is 3.25. The molecule has 1 saturated carbocycles. The largest absolute Gasteiger partial charge is 0.321 e. The van der Waals surface area contributed by atoms with Crippen molar-refractivity contribution in [2.24, 2.45) is 5.73 Å². The molecule has 1 aliphatic rings. The molecule has 0 unspecified atom stereocenters. The Morgan fingerprint density at radius 3 is 2.53 bits per heavy atom. The fourth-order valence-electron chi connectivity index (χ4n) is 2.44. The minimum atomic E-state index is -0.155.